The quantitative estimate of drug-likeness (QED) is 0.162. The number of benzene rings is 1. The Morgan fingerprint density at radius 3 is 2.78 bits per heavy atom. The summed E-state index contributed by atoms with van der Waals surface area (Å²) in [4.78, 5) is 0. The van der Waals surface area contributed by atoms with Crippen LogP contribution in [0.15, 0.2) is 102 Å². The molecule has 2 atom stereocenters. The van der Waals surface area contributed by atoms with Crippen molar-refractivity contribution in [3.8, 4) is 0 Å². The highest BCUT2D eigenvalue weighted by Crippen LogP contribution is 2.20. The molecule has 1 aromatic carbocycles. The molecule has 1 aliphatic rings. The van der Waals surface area contributed by atoms with Gasteiger partial charge in [0.05, 0.1) is 0 Å². The van der Waals surface area contributed by atoms with Gasteiger partial charge in [-0.05, 0) is 81.2 Å². The second-order valence-electron chi connectivity index (χ2n) is 9.60. The first kappa shape index (κ1) is 29.8. The molecular weight excluding hydrogens is 454 g/mol. The van der Waals surface area contributed by atoms with Crippen LogP contribution in [0.1, 0.15) is 59.4 Å². The molecule has 0 radical (unpaired) electrons. The normalized spacial score (nSPS) is 22.0. The molecule has 0 saturated heterocycles. The van der Waals surface area contributed by atoms with Crippen LogP contribution in [-0.4, -0.2) is 18.9 Å². The van der Waals surface area contributed by atoms with Crippen LogP contribution in [-0.2, 0) is 0 Å². The summed E-state index contributed by atoms with van der Waals surface area (Å²) in [6, 6.07) is 8.32. The van der Waals surface area contributed by atoms with Crippen molar-refractivity contribution in [3.05, 3.63) is 108 Å². The summed E-state index contributed by atoms with van der Waals surface area (Å²) in [7, 11) is 0. The number of nitrogens with one attached hydrogen (secondary N) is 5. The summed E-state index contributed by atoms with van der Waals surface area (Å²) in [5.74, 6) is 0.250. The lowest BCUT2D eigenvalue weighted by Gasteiger charge is -2.22. The lowest BCUT2D eigenvalue weighted by Crippen LogP contribution is -2.44. The minimum absolute atomic E-state index is 0.175. The van der Waals surface area contributed by atoms with Crippen LogP contribution in [0.25, 0.3) is 5.57 Å². The van der Waals surface area contributed by atoms with Crippen molar-refractivity contribution in [1.82, 2.24) is 16.2 Å². The molecule has 0 fully saturated rings. The molecular formula is C32H45N5. The lowest BCUT2D eigenvalue weighted by molar-refractivity contribution is 0.533. The molecule has 0 spiro atoms. The molecule has 37 heavy (non-hydrogen) atoms. The fourth-order valence-electron chi connectivity index (χ4n) is 3.61. The van der Waals surface area contributed by atoms with Crippen molar-refractivity contribution in [1.29, 1.82) is 5.41 Å². The van der Waals surface area contributed by atoms with E-state index in [4.69, 9.17) is 5.41 Å². The standard InChI is InChI=1S/C32H45N5/c1-7-8-13-28(19-18-25(4)16-17-26(5)23-33)31-22-32(37-34-20-10-9-12-27(6)35-31)36-30-15-11-14-29(21-30)24(2)3/h9-16,18-19,21-23,26,32-37H,2,7-8,17,20H2,1,3-6H3/b10-9-,19-18-,25-16-,27-12-,28-13+,31-22-,33-23?. The average molecular weight is 500 g/mol. The van der Waals surface area contributed by atoms with Gasteiger partial charge >= 0.3 is 0 Å². The molecule has 2 unspecified atom stereocenters. The van der Waals surface area contributed by atoms with E-state index in [0.29, 0.717) is 6.54 Å². The highest BCUT2D eigenvalue weighted by Gasteiger charge is 2.11. The molecule has 1 aliphatic heterocycles. The molecule has 1 aromatic rings. The zero-order valence-corrected chi connectivity index (χ0v) is 23.2. The van der Waals surface area contributed by atoms with E-state index in [1.165, 1.54) is 11.8 Å². The third-order valence-electron chi connectivity index (χ3n) is 5.89. The summed E-state index contributed by atoms with van der Waals surface area (Å²) in [5, 5.41) is 14.7. The van der Waals surface area contributed by atoms with Gasteiger partial charge in [0.15, 0.2) is 0 Å². The van der Waals surface area contributed by atoms with Crippen molar-refractivity contribution >= 4 is 17.5 Å². The van der Waals surface area contributed by atoms with Crippen LogP contribution in [0.4, 0.5) is 5.69 Å². The largest absolute Gasteiger partial charge is 0.365 e. The van der Waals surface area contributed by atoms with Gasteiger partial charge < -0.3 is 16.0 Å². The fraction of sp³-hybridized carbons (Fsp3) is 0.344. The van der Waals surface area contributed by atoms with Crippen molar-refractivity contribution in [2.45, 2.75) is 60.0 Å². The van der Waals surface area contributed by atoms with Crippen molar-refractivity contribution < 1.29 is 0 Å². The Labute approximate surface area is 224 Å². The Morgan fingerprint density at radius 2 is 2.05 bits per heavy atom. The smallest absolute Gasteiger partial charge is 0.111 e. The van der Waals surface area contributed by atoms with Crippen LogP contribution in [0.5, 0.6) is 0 Å². The average Bonchev–Trinajstić information content (AvgIpc) is 2.92. The van der Waals surface area contributed by atoms with Crippen LogP contribution < -0.4 is 21.5 Å². The maximum atomic E-state index is 7.44. The monoisotopic (exact) mass is 499 g/mol. The predicted octanol–water partition coefficient (Wildman–Crippen LogP) is 7.40. The first-order valence-electron chi connectivity index (χ1n) is 13.2. The SMILES string of the molecule is C=C(C)c1cccc(NC2/C=C(C(/C=C\C(C)=C/CC(C)C=N)=C/CCC)\N/C(C)=C\C=C/CNN2)c1. The number of allylic oxidation sites excluding steroid dienone is 9. The molecule has 2 rings (SSSR count). The number of hydrogen-bond donors (Lipinski definition) is 5. The van der Waals surface area contributed by atoms with Crippen LogP contribution >= 0.6 is 0 Å². The molecule has 1 heterocycles. The first-order valence-corrected chi connectivity index (χ1v) is 13.2. The summed E-state index contributed by atoms with van der Waals surface area (Å²) < 4.78 is 0. The maximum absolute atomic E-state index is 7.44. The summed E-state index contributed by atoms with van der Waals surface area (Å²) in [6.45, 7) is 15.3. The van der Waals surface area contributed by atoms with Gasteiger partial charge in [0, 0.05) is 23.6 Å². The van der Waals surface area contributed by atoms with Crippen LogP contribution in [0.2, 0.25) is 0 Å². The maximum Gasteiger partial charge on any atom is 0.111 e. The third kappa shape index (κ3) is 11.5. The van der Waals surface area contributed by atoms with E-state index in [1.807, 2.05) is 13.0 Å². The Morgan fingerprint density at radius 1 is 1.24 bits per heavy atom. The van der Waals surface area contributed by atoms with Crippen LogP contribution in [0.3, 0.4) is 0 Å². The summed E-state index contributed by atoms with van der Waals surface area (Å²) in [6.07, 6.45) is 21.5. The number of unbranched alkanes of at least 4 members (excludes halogenated alkanes) is 1. The van der Waals surface area contributed by atoms with Crippen molar-refractivity contribution in [2.75, 3.05) is 11.9 Å². The van der Waals surface area contributed by atoms with Gasteiger partial charge in [0.2, 0.25) is 0 Å². The van der Waals surface area contributed by atoms with E-state index in [1.54, 1.807) is 0 Å². The van der Waals surface area contributed by atoms with Gasteiger partial charge in [-0.15, -0.1) is 0 Å². The second-order valence-corrected chi connectivity index (χ2v) is 9.60. The topological polar surface area (TPSA) is 72.0 Å². The van der Waals surface area contributed by atoms with Crippen molar-refractivity contribution in [3.63, 3.8) is 0 Å². The van der Waals surface area contributed by atoms with E-state index in [0.717, 1.165) is 53.1 Å². The first-order chi connectivity index (χ1) is 17.8. The molecule has 5 heteroatoms. The number of hydrogen-bond acceptors (Lipinski definition) is 5. The molecule has 5 N–H and O–H groups in total. The van der Waals surface area contributed by atoms with Crippen LogP contribution in [0, 0.1) is 11.3 Å². The van der Waals surface area contributed by atoms with Gasteiger partial charge in [0.25, 0.3) is 0 Å². The predicted molar refractivity (Wildman–Crippen MR) is 162 cm³/mol. The highest BCUT2D eigenvalue weighted by molar-refractivity contribution is 5.65. The third-order valence-corrected chi connectivity index (χ3v) is 5.89. The minimum atomic E-state index is -0.175. The molecule has 0 amide bonds. The molecule has 198 valence electrons. The van der Waals surface area contributed by atoms with E-state index >= 15 is 0 Å². The Balaban J connectivity index is 2.45. The van der Waals surface area contributed by atoms with Gasteiger partial charge in [-0.2, -0.15) is 0 Å². The zero-order chi connectivity index (χ0) is 27.0. The highest BCUT2D eigenvalue weighted by atomic mass is 15.4. The van der Waals surface area contributed by atoms with Gasteiger partial charge in [0.1, 0.15) is 6.17 Å². The molecule has 0 aliphatic carbocycles. The number of hydrazine groups is 1. The minimum Gasteiger partial charge on any atom is -0.365 e. The Bertz CT molecular complexity index is 1080. The molecule has 0 bridgehead atoms. The zero-order valence-electron chi connectivity index (χ0n) is 23.2. The van der Waals surface area contributed by atoms with Crippen molar-refractivity contribution in [2.24, 2.45) is 5.92 Å². The molecule has 5 nitrogen and oxygen atoms in total. The Kier molecular flexibility index (Phi) is 13.2. The van der Waals surface area contributed by atoms with Gasteiger partial charge in [-0.1, -0.05) is 86.6 Å². The van der Waals surface area contributed by atoms with E-state index < -0.39 is 0 Å². The molecule has 0 aromatic heterocycles. The Hall–Kier alpha value is -3.41. The summed E-state index contributed by atoms with van der Waals surface area (Å²) in [5.41, 5.74) is 14.3. The second kappa shape index (κ2) is 16.4. The number of rotatable bonds is 11. The lowest BCUT2D eigenvalue weighted by atomic mass is 10.0. The van der Waals surface area contributed by atoms with Gasteiger partial charge in [-0.3, -0.25) is 5.43 Å². The van der Waals surface area contributed by atoms with Gasteiger partial charge in [-0.25, -0.2) is 5.43 Å². The summed E-state index contributed by atoms with van der Waals surface area (Å²) >= 11 is 0. The van der Waals surface area contributed by atoms with E-state index in [9.17, 15) is 0 Å². The van der Waals surface area contributed by atoms with E-state index in [2.05, 4.69) is 123 Å². The molecule has 0 saturated carbocycles. The van der Waals surface area contributed by atoms with E-state index in [-0.39, 0.29) is 12.1 Å². The fourth-order valence-corrected chi connectivity index (χ4v) is 3.61. The number of anilines is 1.